The summed E-state index contributed by atoms with van der Waals surface area (Å²) in [5, 5.41) is 3.37. The third-order valence-electron chi connectivity index (χ3n) is 3.95. The number of halogens is 1. The molecular weight excluding hydrogens is 287 g/mol. The predicted molar refractivity (Wildman–Crippen MR) is 85.7 cm³/mol. The monoisotopic (exact) mass is 310 g/mol. The number of carbonyl (C=O) groups excluding carboxylic acids is 1. The molecule has 1 amide bonds. The lowest BCUT2D eigenvalue weighted by Gasteiger charge is -2.32. The van der Waals surface area contributed by atoms with Crippen LogP contribution in [0.4, 0.5) is 4.39 Å². The van der Waals surface area contributed by atoms with Crippen molar-refractivity contribution >= 4 is 17.7 Å². The zero-order valence-electron chi connectivity index (χ0n) is 13.0. The molecule has 2 rings (SSSR count). The largest absolute Gasteiger partial charge is 0.320 e. The smallest absolute Gasteiger partial charge is 0.241 e. The number of nitrogens with one attached hydrogen (secondary N) is 1. The summed E-state index contributed by atoms with van der Waals surface area (Å²) in [4.78, 5) is 14.4. The molecule has 0 radical (unpaired) electrons. The third-order valence-corrected chi connectivity index (χ3v) is 5.18. The molecule has 116 valence electrons. The standard InChI is InChI=1S/C16H23FN2OS/c1-5-13-15(20)19(10-16(2,3)21-4)14(18-13)11-6-8-12(17)9-7-11/h6-9,13-14,18H,5,10H2,1-4H3. The topological polar surface area (TPSA) is 32.3 Å². The minimum atomic E-state index is -0.258. The van der Waals surface area contributed by atoms with Gasteiger partial charge in [-0.15, -0.1) is 0 Å². The molecule has 2 unspecified atom stereocenters. The quantitative estimate of drug-likeness (QED) is 0.906. The molecule has 1 aromatic rings. The van der Waals surface area contributed by atoms with E-state index in [1.807, 2.05) is 11.8 Å². The fourth-order valence-electron chi connectivity index (χ4n) is 2.54. The summed E-state index contributed by atoms with van der Waals surface area (Å²) in [6.45, 7) is 6.93. The molecule has 0 spiro atoms. The first-order chi connectivity index (χ1) is 9.88. The van der Waals surface area contributed by atoms with Crippen LogP contribution in [0.5, 0.6) is 0 Å². The van der Waals surface area contributed by atoms with Crippen molar-refractivity contribution in [3.8, 4) is 0 Å². The van der Waals surface area contributed by atoms with Crippen LogP contribution in [0.2, 0.25) is 0 Å². The minimum absolute atomic E-state index is 0.0156. The van der Waals surface area contributed by atoms with Crippen LogP contribution in [0.3, 0.4) is 0 Å². The zero-order valence-corrected chi connectivity index (χ0v) is 13.8. The van der Waals surface area contributed by atoms with Crippen molar-refractivity contribution in [1.82, 2.24) is 10.2 Å². The van der Waals surface area contributed by atoms with E-state index in [2.05, 4.69) is 25.4 Å². The van der Waals surface area contributed by atoms with E-state index in [-0.39, 0.29) is 28.7 Å². The summed E-state index contributed by atoms with van der Waals surface area (Å²) in [7, 11) is 0. The number of rotatable bonds is 5. The predicted octanol–water partition coefficient (Wildman–Crippen LogP) is 3.18. The van der Waals surface area contributed by atoms with Crippen LogP contribution in [0.1, 0.15) is 38.9 Å². The maximum Gasteiger partial charge on any atom is 0.241 e. The van der Waals surface area contributed by atoms with Crippen molar-refractivity contribution < 1.29 is 9.18 Å². The normalized spacial score (nSPS) is 22.9. The average molecular weight is 310 g/mol. The van der Waals surface area contributed by atoms with Crippen molar-refractivity contribution in [3.63, 3.8) is 0 Å². The lowest BCUT2D eigenvalue weighted by Crippen LogP contribution is -2.40. The fourth-order valence-corrected chi connectivity index (χ4v) is 2.81. The average Bonchev–Trinajstić information content (AvgIpc) is 2.76. The number of hydrogen-bond acceptors (Lipinski definition) is 3. The lowest BCUT2D eigenvalue weighted by molar-refractivity contribution is -0.130. The van der Waals surface area contributed by atoms with E-state index < -0.39 is 0 Å². The van der Waals surface area contributed by atoms with Crippen LogP contribution in [0, 0.1) is 5.82 Å². The highest BCUT2D eigenvalue weighted by Crippen LogP contribution is 2.31. The molecule has 1 N–H and O–H groups in total. The van der Waals surface area contributed by atoms with Gasteiger partial charge < -0.3 is 4.90 Å². The summed E-state index contributed by atoms with van der Waals surface area (Å²) < 4.78 is 13.1. The number of benzene rings is 1. The van der Waals surface area contributed by atoms with Gasteiger partial charge in [-0.2, -0.15) is 11.8 Å². The van der Waals surface area contributed by atoms with Gasteiger partial charge in [0.2, 0.25) is 5.91 Å². The molecule has 0 aliphatic carbocycles. The summed E-state index contributed by atoms with van der Waals surface area (Å²) in [6, 6.07) is 6.23. The summed E-state index contributed by atoms with van der Waals surface area (Å²) in [6.07, 6.45) is 2.64. The van der Waals surface area contributed by atoms with Crippen LogP contribution < -0.4 is 5.32 Å². The highest BCUT2D eigenvalue weighted by atomic mass is 32.2. The molecule has 1 aliphatic rings. The van der Waals surface area contributed by atoms with Crippen molar-refractivity contribution in [2.45, 2.75) is 44.1 Å². The first kappa shape index (κ1) is 16.3. The van der Waals surface area contributed by atoms with Crippen LogP contribution in [-0.4, -0.2) is 34.4 Å². The Balaban J connectivity index is 2.28. The molecule has 1 saturated heterocycles. The molecule has 5 heteroatoms. The second-order valence-corrected chi connectivity index (χ2v) is 7.52. The Morgan fingerprint density at radius 3 is 2.48 bits per heavy atom. The number of nitrogens with zero attached hydrogens (tertiary/aromatic N) is 1. The van der Waals surface area contributed by atoms with Gasteiger partial charge in [-0.1, -0.05) is 19.1 Å². The van der Waals surface area contributed by atoms with Crippen molar-refractivity contribution in [2.24, 2.45) is 0 Å². The molecule has 0 aromatic heterocycles. The maximum atomic E-state index is 13.1. The zero-order chi connectivity index (χ0) is 15.6. The van der Waals surface area contributed by atoms with Crippen LogP contribution in [0.25, 0.3) is 0 Å². The highest BCUT2D eigenvalue weighted by molar-refractivity contribution is 7.99. The number of thioether (sulfide) groups is 1. The van der Waals surface area contributed by atoms with Crippen LogP contribution >= 0.6 is 11.8 Å². The van der Waals surface area contributed by atoms with Gasteiger partial charge in [0.15, 0.2) is 0 Å². The first-order valence-electron chi connectivity index (χ1n) is 7.25. The molecule has 1 heterocycles. The van der Waals surface area contributed by atoms with Gasteiger partial charge in [-0.05, 0) is 44.2 Å². The molecule has 1 aliphatic heterocycles. The Morgan fingerprint density at radius 1 is 1.33 bits per heavy atom. The molecule has 21 heavy (non-hydrogen) atoms. The van der Waals surface area contributed by atoms with E-state index >= 15 is 0 Å². The number of amides is 1. The van der Waals surface area contributed by atoms with Crippen LogP contribution in [-0.2, 0) is 4.79 Å². The van der Waals surface area contributed by atoms with Gasteiger partial charge in [-0.25, -0.2) is 4.39 Å². The molecule has 2 atom stereocenters. The number of hydrogen-bond donors (Lipinski definition) is 1. The first-order valence-corrected chi connectivity index (χ1v) is 8.47. The Labute approximate surface area is 130 Å². The molecule has 1 aromatic carbocycles. The van der Waals surface area contributed by atoms with Crippen LogP contribution in [0.15, 0.2) is 24.3 Å². The summed E-state index contributed by atoms with van der Waals surface area (Å²) in [5.41, 5.74) is 0.928. The Bertz CT molecular complexity index is 504. The molecule has 1 fully saturated rings. The molecule has 0 saturated carbocycles. The summed E-state index contributed by atoms with van der Waals surface area (Å²) in [5.74, 6) is -0.125. The van der Waals surface area contributed by atoms with E-state index in [1.165, 1.54) is 12.1 Å². The Hall–Kier alpha value is -1.07. The molecule has 3 nitrogen and oxygen atoms in total. The second-order valence-electron chi connectivity index (χ2n) is 6.01. The molecule has 0 bridgehead atoms. The van der Waals surface area contributed by atoms with Gasteiger partial charge in [0, 0.05) is 11.3 Å². The van der Waals surface area contributed by atoms with Crippen molar-refractivity contribution in [1.29, 1.82) is 0 Å². The van der Waals surface area contributed by atoms with E-state index in [0.29, 0.717) is 6.54 Å². The van der Waals surface area contributed by atoms with Crippen molar-refractivity contribution in [3.05, 3.63) is 35.6 Å². The number of carbonyl (C=O) groups is 1. The summed E-state index contributed by atoms with van der Waals surface area (Å²) >= 11 is 1.74. The Kier molecular flexibility index (Phi) is 4.94. The van der Waals surface area contributed by atoms with Crippen molar-refractivity contribution in [2.75, 3.05) is 12.8 Å². The van der Waals surface area contributed by atoms with E-state index in [1.54, 1.807) is 23.9 Å². The molecular formula is C16H23FN2OS. The lowest BCUT2D eigenvalue weighted by atomic mass is 10.1. The van der Waals surface area contributed by atoms with Gasteiger partial charge in [0.1, 0.15) is 12.0 Å². The van der Waals surface area contributed by atoms with Gasteiger partial charge in [-0.3, -0.25) is 10.1 Å². The minimum Gasteiger partial charge on any atom is -0.320 e. The third kappa shape index (κ3) is 3.58. The van der Waals surface area contributed by atoms with E-state index in [9.17, 15) is 9.18 Å². The second kappa shape index (κ2) is 6.36. The van der Waals surface area contributed by atoms with Gasteiger partial charge >= 0.3 is 0 Å². The van der Waals surface area contributed by atoms with E-state index in [4.69, 9.17) is 0 Å². The van der Waals surface area contributed by atoms with Gasteiger partial charge in [0.05, 0.1) is 6.04 Å². The maximum absolute atomic E-state index is 13.1. The van der Waals surface area contributed by atoms with E-state index in [0.717, 1.165) is 12.0 Å². The highest BCUT2D eigenvalue weighted by Gasteiger charge is 2.40. The SMILES string of the molecule is CCC1NC(c2ccc(F)cc2)N(CC(C)(C)SC)C1=O. The van der Waals surface area contributed by atoms with Gasteiger partial charge in [0.25, 0.3) is 0 Å². The fraction of sp³-hybridized carbons (Fsp3) is 0.562. The Morgan fingerprint density at radius 2 is 1.95 bits per heavy atom.